The number of nitrogens with zero attached hydrogens (tertiary/aromatic N) is 3. The zero-order chi connectivity index (χ0) is 22.6. The number of esters is 1. The van der Waals surface area contributed by atoms with Crippen LogP contribution in [0, 0.1) is 31.1 Å². The molecule has 6 nitrogen and oxygen atoms in total. The molecule has 0 amide bonds. The first-order valence-corrected chi connectivity index (χ1v) is 10.0. The molecule has 0 bridgehead atoms. The molecule has 0 fully saturated rings. The Labute approximate surface area is 179 Å². The van der Waals surface area contributed by atoms with Gasteiger partial charge in [0.25, 0.3) is 0 Å². The molecule has 1 aromatic heterocycles. The number of ether oxygens (including phenoxy) is 2. The average Bonchev–Trinajstić information content (AvgIpc) is 2.92. The second-order valence-electron chi connectivity index (χ2n) is 8.71. The summed E-state index contributed by atoms with van der Waals surface area (Å²) in [7, 11) is 1.80. The van der Waals surface area contributed by atoms with Crippen LogP contribution in [0.15, 0.2) is 24.3 Å². The summed E-state index contributed by atoms with van der Waals surface area (Å²) in [6.07, 6.45) is 0. The van der Waals surface area contributed by atoms with Crippen molar-refractivity contribution in [2.75, 3.05) is 6.79 Å². The summed E-state index contributed by atoms with van der Waals surface area (Å²) in [6.45, 7) is 13.5. The van der Waals surface area contributed by atoms with E-state index in [0.29, 0.717) is 17.0 Å². The summed E-state index contributed by atoms with van der Waals surface area (Å²) in [5.41, 5.74) is 4.70. The van der Waals surface area contributed by atoms with Gasteiger partial charge in [-0.05, 0) is 30.4 Å². The zero-order valence-electron chi connectivity index (χ0n) is 19.2. The normalized spacial score (nSPS) is 12.4. The molecule has 1 aromatic carbocycles. The molecule has 0 saturated carbocycles. The molecule has 6 heteroatoms. The van der Waals surface area contributed by atoms with Crippen molar-refractivity contribution in [3.05, 3.63) is 52.3 Å². The van der Waals surface area contributed by atoms with Crippen molar-refractivity contribution in [1.82, 2.24) is 9.78 Å². The summed E-state index contributed by atoms with van der Waals surface area (Å²) in [5, 5.41) is 14.4. The minimum absolute atomic E-state index is 0.00909. The first-order valence-electron chi connectivity index (χ1n) is 10.0. The lowest BCUT2D eigenvalue weighted by atomic mass is 9.86. The lowest BCUT2D eigenvalue weighted by Gasteiger charge is -2.19. The number of hydrogen-bond acceptors (Lipinski definition) is 5. The number of aryl methyl sites for hydroxylation is 2. The fraction of sp³-hybridized carbons (Fsp3) is 0.458. The van der Waals surface area contributed by atoms with Crippen LogP contribution in [0.25, 0.3) is 11.3 Å². The van der Waals surface area contributed by atoms with E-state index < -0.39 is 0 Å². The van der Waals surface area contributed by atoms with E-state index in [9.17, 15) is 10.1 Å². The van der Waals surface area contributed by atoms with E-state index >= 15 is 0 Å². The number of nitriles is 1. The molecule has 0 N–H and O–H groups in total. The summed E-state index contributed by atoms with van der Waals surface area (Å²) in [5.74, 6) is -0.277. The molecule has 160 valence electrons. The van der Waals surface area contributed by atoms with Gasteiger partial charge in [-0.3, -0.25) is 9.48 Å². The van der Waals surface area contributed by atoms with E-state index in [1.807, 2.05) is 38.1 Å². The SMILES string of the molecule is Cc1nn(C)c(/C(OCOC(=O)C(C)C)=C(\C#N)c2ccc(C(C)(C)C)cc2)c1C. The Kier molecular flexibility index (Phi) is 7.09. The molecule has 1 heterocycles. The Morgan fingerprint density at radius 3 is 2.20 bits per heavy atom. The third-order valence-electron chi connectivity index (χ3n) is 4.99. The standard InChI is InChI=1S/C24H31N3O3/c1-15(2)23(28)30-14-29-22(21-16(3)17(4)26-27(21)8)20(13-25)18-9-11-19(12-10-18)24(5,6)7/h9-12,15H,14H2,1-8H3/b22-20-. The lowest BCUT2D eigenvalue weighted by Crippen LogP contribution is -2.15. The van der Waals surface area contributed by atoms with Crippen molar-refractivity contribution in [2.45, 2.75) is 53.9 Å². The van der Waals surface area contributed by atoms with E-state index in [4.69, 9.17) is 9.47 Å². The van der Waals surface area contributed by atoms with Crippen LogP contribution in [0.2, 0.25) is 0 Å². The van der Waals surface area contributed by atoms with Crippen LogP contribution in [-0.2, 0) is 26.7 Å². The molecule has 0 unspecified atom stereocenters. The van der Waals surface area contributed by atoms with Crippen LogP contribution in [0.1, 0.15) is 62.7 Å². The minimum Gasteiger partial charge on any atom is -0.454 e. The molecule has 0 atom stereocenters. The third-order valence-corrected chi connectivity index (χ3v) is 4.99. The van der Waals surface area contributed by atoms with Gasteiger partial charge < -0.3 is 9.47 Å². The first-order chi connectivity index (χ1) is 14.0. The number of aromatic nitrogens is 2. The second kappa shape index (κ2) is 9.17. The Balaban J connectivity index is 2.55. The Morgan fingerprint density at radius 1 is 1.17 bits per heavy atom. The highest BCUT2D eigenvalue weighted by Gasteiger charge is 2.22. The third kappa shape index (κ3) is 5.10. The Hall–Kier alpha value is -3.07. The molecule has 2 aromatic rings. The van der Waals surface area contributed by atoms with Gasteiger partial charge in [0.2, 0.25) is 6.79 Å². The molecule has 0 aliphatic carbocycles. The fourth-order valence-electron chi connectivity index (χ4n) is 3.04. The smallest absolute Gasteiger partial charge is 0.311 e. The highest BCUT2D eigenvalue weighted by Crippen LogP contribution is 2.31. The van der Waals surface area contributed by atoms with Crippen molar-refractivity contribution in [3.8, 4) is 6.07 Å². The van der Waals surface area contributed by atoms with Crippen LogP contribution < -0.4 is 0 Å². The number of benzene rings is 1. The molecule has 0 aliphatic heterocycles. The Morgan fingerprint density at radius 2 is 1.77 bits per heavy atom. The van der Waals surface area contributed by atoms with Crippen molar-refractivity contribution in [2.24, 2.45) is 13.0 Å². The molecular formula is C24H31N3O3. The van der Waals surface area contributed by atoms with Crippen molar-refractivity contribution in [3.63, 3.8) is 0 Å². The summed E-state index contributed by atoms with van der Waals surface area (Å²) in [4.78, 5) is 11.8. The highest BCUT2D eigenvalue weighted by atomic mass is 16.7. The van der Waals surface area contributed by atoms with Crippen molar-refractivity contribution >= 4 is 17.3 Å². The molecular weight excluding hydrogens is 378 g/mol. The largest absolute Gasteiger partial charge is 0.454 e. The molecule has 0 radical (unpaired) electrons. The first kappa shape index (κ1) is 23.2. The molecule has 0 saturated heterocycles. The number of carbonyl (C=O) groups is 1. The van der Waals surface area contributed by atoms with Gasteiger partial charge in [0.15, 0.2) is 5.76 Å². The van der Waals surface area contributed by atoms with E-state index in [1.54, 1.807) is 25.6 Å². The van der Waals surface area contributed by atoms with E-state index in [-0.39, 0.29) is 24.1 Å². The lowest BCUT2D eigenvalue weighted by molar-refractivity contribution is -0.155. The predicted molar refractivity (Wildman–Crippen MR) is 117 cm³/mol. The highest BCUT2D eigenvalue weighted by molar-refractivity contribution is 5.94. The van der Waals surface area contributed by atoms with Crippen molar-refractivity contribution in [1.29, 1.82) is 5.26 Å². The molecule has 2 rings (SSSR count). The Bertz CT molecular complexity index is 984. The maximum Gasteiger partial charge on any atom is 0.311 e. The predicted octanol–water partition coefficient (Wildman–Crippen LogP) is 4.90. The molecule has 0 aliphatic rings. The van der Waals surface area contributed by atoms with Gasteiger partial charge in [0.05, 0.1) is 11.6 Å². The average molecular weight is 410 g/mol. The van der Waals surface area contributed by atoms with Gasteiger partial charge in [0.1, 0.15) is 17.3 Å². The summed E-state index contributed by atoms with van der Waals surface area (Å²) >= 11 is 0. The van der Waals surface area contributed by atoms with Crippen LogP contribution >= 0.6 is 0 Å². The van der Waals surface area contributed by atoms with Crippen LogP contribution in [0.3, 0.4) is 0 Å². The summed E-state index contributed by atoms with van der Waals surface area (Å²) in [6, 6.07) is 10.1. The minimum atomic E-state index is -0.361. The number of hydrogen-bond donors (Lipinski definition) is 0. The quantitative estimate of drug-likeness (QED) is 0.293. The van der Waals surface area contributed by atoms with E-state index in [1.165, 1.54) is 5.56 Å². The topological polar surface area (TPSA) is 77.1 Å². The van der Waals surface area contributed by atoms with Gasteiger partial charge in [-0.25, -0.2) is 0 Å². The number of carbonyl (C=O) groups excluding carboxylic acids is 1. The van der Waals surface area contributed by atoms with Gasteiger partial charge in [-0.2, -0.15) is 10.4 Å². The molecule has 30 heavy (non-hydrogen) atoms. The summed E-state index contributed by atoms with van der Waals surface area (Å²) < 4.78 is 12.8. The molecule has 0 spiro atoms. The fourth-order valence-corrected chi connectivity index (χ4v) is 3.04. The maximum absolute atomic E-state index is 11.8. The second-order valence-corrected chi connectivity index (χ2v) is 8.71. The number of rotatable bonds is 6. The van der Waals surface area contributed by atoms with Gasteiger partial charge in [-0.1, -0.05) is 58.9 Å². The monoisotopic (exact) mass is 409 g/mol. The van der Waals surface area contributed by atoms with E-state index in [2.05, 4.69) is 31.9 Å². The van der Waals surface area contributed by atoms with Gasteiger partial charge in [0, 0.05) is 12.6 Å². The number of allylic oxidation sites excluding steroid dienone is 1. The van der Waals surface area contributed by atoms with E-state index in [0.717, 1.165) is 16.8 Å². The zero-order valence-corrected chi connectivity index (χ0v) is 19.2. The van der Waals surface area contributed by atoms with Gasteiger partial charge >= 0.3 is 5.97 Å². The van der Waals surface area contributed by atoms with Crippen LogP contribution in [0.5, 0.6) is 0 Å². The maximum atomic E-state index is 11.8. The van der Waals surface area contributed by atoms with Gasteiger partial charge in [-0.15, -0.1) is 0 Å². The van der Waals surface area contributed by atoms with Crippen molar-refractivity contribution < 1.29 is 14.3 Å². The van der Waals surface area contributed by atoms with Crippen LogP contribution in [0.4, 0.5) is 0 Å². The van der Waals surface area contributed by atoms with Crippen LogP contribution in [-0.4, -0.2) is 22.5 Å².